The SMILES string of the molecule is CNC(=O)[C@@H](C)N(Cc1cccc(OC)c1)C(=O)COc1cccc2ccccc12. The molecule has 2 amide bonds. The number of amides is 2. The molecule has 0 radical (unpaired) electrons. The summed E-state index contributed by atoms with van der Waals surface area (Å²) in [4.78, 5) is 26.8. The van der Waals surface area contributed by atoms with Crippen molar-refractivity contribution in [2.24, 2.45) is 0 Å². The number of methoxy groups -OCH3 is 1. The lowest BCUT2D eigenvalue weighted by Crippen LogP contribution is -2.48. The smallest absolute Gasteiger partial charge is 0.261 e. The zero-order valence-corrected chi connectivity index (χ0v) is 17.4. The maximum atomic E-state index is 13.1. The van der Waals surface area contributed by atoms with E-state index >= 15 is 0 Å². The summed E-state index contributed by atoms with van der Waals surface area (Å²) in [7, 11) is 3.15. The maximum absolute atomic E-state index is 13.1. The van der Waals surface area contributed by atoms with Crippen LogP contribution in [0.2, 0.25) is 0 Å². The van der Waals surface area contributed by atoms with E-state index in [0.29, 0.717) is 11.5 Å². The number of fused-ring (bicyclic) bond motifs is 1. The van der Waals surface area contributed by atoms with Gasteiger partial charge in [0, 0.05) is 19.0 Å². The first-order valence-corrected chi connectivity index (χ1v) is 9.78. The van der Waals surface area contributed by atoms with E-state index in [-0.39, 0.29) is 25.0 Å². The van der Waals surface area contributed by atoms with Gasteiger partial charge in [-0.2, -0.15) is 0 Å². The van der Waals surface area contributed by atoms with Crippen LogP contribution in [-0.2, 0) is 16.1 Å². The molecule has 3 rings (SSSR count). The van der Waals surface area contributed by atoms with Crippen LogP contribution >= 0.6 is 0 Å². The molecule has 0 aliphatic rings. The summed E-state index contributed by atoms with van der Waals surface area (Å²) >= 11 is 0. The normalized spacial score (nSPS) is 11.6. The van der Waals surface area contributed by atoms with Crippen LogP contribution in [0.3, 0.4) is 0 Å². The topological polar surface area (TPSA) is 67.9 Å². The lowest BCUT2D eigenvalue weighted by Gasteiger charge is -2.28. The molecular weight excluding hydrogens is 380 g/mol. The molecule has 3 aromatic carbocycles. The molecule has 0 aliphatic carbocycles. The molecule has 0 aliphatic heterocycles. The van der Waals surface area contributed by atoms with Gasteiger partial charge in [0.2, 0.25) is 5.91 Å². The van der Waals surface area contributed by atoms with Crippen LogP contribution in [0.5, 0.6) is 11.5 Å². The monoisotopic (exact) mass is 406 g/mol. The Morgan fingerprint density at radius 3 is 2.53 bits per heavy atom. The van der Waals surface area contributed by atoms with Crippen molar-refractivity contribution in [1.29, 1.82) is 0 Å². The van der Waals surface area contributed by atoms with Crippen LogP contribution < -0.4 is 14.8 Å². The van der Waals surface area contributed by atoms with Gasteiger partial charge in [-0.25, -0.2) is 0 Å². The van der Waals surface area contributed by atoms with Crippen LogP contribution in [0, 0.1) is 0 Å². The number of nitrogens with zero attached hydrogens (tertiary/aromatic N) is 1. The Kier molecular flexibility index (Phi) is 6.91. The Labute approximate surface area is 176 Å². The predicted molar refractivity (Wildman–Crippen MR) is 117 cm³/mol. The fourth-order valence-corrected chi connectivity index (χ4v) is 3.30. The molecular formula is C24H26N2O4. The molecule has 0 spiro atoms. The molecule has 1 N–H and O–H groups in total. The van der Waals surface area contributed by atoms with Gasteiger partial charge in [0.05, 0.1) is 7.11 Å². The summed E-state index contributed by atoms with van der Waals surface area (Å²) < 4.78 is 11.1. The number of hydrogen-bond acceptors (Lipinski definition) is 4. The van der Waals surface area contributed by atoms with Crippen molar-refractivity contribution in [3.63, 3.8) is 0 Å². The molecule has 6 heteroatoms. The van der Waals surface area contributed by atoms with Crippen LogP contribution in [0.25, 0.3) is 10.8 Å². The molecule has 0 aromatic heterocycles. The summed E-state index contributed by atoms with van der Waals surface area (Å²) in [6.07, 6.45) is 0. The number of ether oxygens (including phenoxy) is 2. The van der Waals surface area contributed by atoms with Gasteiger partial charge >= 0.3 is 0 Å². The number of benzene rings is 3. The number of likely N-dealkylation sites (N-methyl/N-ethyl adjacent to an activating group) is 1. The summed E-state index contributed by atoms with van der Waals surface area (Å²) in [6.45, 7) is 1.80. The quantitative estimate of drug-likeness (QED) is 0.623. The van der Waals surface area contributed by atoms with Crippen molar-refractivity contribution in [2.45, 2.75) is 19.5 Å². The van der Waals surface area contributed by atoms with Crippen LogP contribution in [0.1, 0.15) is 12.5 Å². The van der Waals surface area contributed by atoms with E-state index in [4.69, 9.17) is 9.47 Å². The van der Waals surface area contributed by atoms with Gasteiger partial charge in [0.15, 0.2) is 6.61 Å². The Bertz CT molecular complexity index is 1030. The third-order valence-electron chi connectivity index (χ3n) is 5.00. The van der Waals surface area contributed by atoms with Crippen LogP contribution in [0.15, 0.2) is 66.7 Å². The fourth-order valence-electron chi connectivity index (χ4n) is 3.30. The maximum Gasteiger partial charge on any atom is 0.261 e. The zero-order chi connectivity index (χ0) is 21.5. The summed E-state index contributed by atoms with van der Waals surface area (Å²) in [5, 5.41) is 4.58. The molecule has 0 fully saturated rings. The number of hydrogen-bond donors (Lipinski definition) is 1. The van der Waals surface area contributed by atoms with Gasteiger partial charge in [-0.1, -0.05) is 48.5 Å². The minimum atomic E-state index is -0.648. The van der Waals surface area contributed by atoms with E-state index in [1.54, 1.807) is 21.1 Å². The molecule has 0 heterocycles. The highest BCUT2D eigenvalue weighted by molar-refractivity contribution is 5.90. The second-order valence-corrected chi connectivity index (χ2v) is 6.93. The number of carbonyl (C=O) groups is 2. The number of rotatable bonds is 8. The third kappa shape index (κ3) is 4.89. The van der Waals surface area contributed by atoms with Gasteiger partial charge in [0.25, 0.3) is 5.91 Å². The van der Waals surface area contributed by atoms with Crippen molar-refractivity contribution in [3.05, 3.63) is 72.3 Å². The molecule has 30 heavy (non-hydrogen) atoms. The molecule has 0 saturated heterocycles. The predicted octanol–water partition coefficient (Wildman–Crippen LogP) is 3.39. The van der Waals surface area contributed by atoms with Gasteiger partial charge in [-0.05, 0) is 36.1 Å². The zero-order valence-electron chi connectivity index (χ0n) is 17.4. The van der Waals surface area contributed by atoms with Crippen molar-refractivity contribution in [2.75, 3.05) is 20.8 Å². The van der Waals surface area contributed by atoms with Crippen LogP contribution in [0.4, 0.5) is 0 Å². The highest BCUT2D eigenvalue weighted by Gasteiger charge is 2.26. The first-order chi connectivity index (χ1) is 14.5. The Hall–Kier alpha value is -3.54. The van der Waals surface area contributed by atoms with E-state index in [1.165, 1.54) is 4.90 Å². The van der Waals surface area contributed by atoms with E-state index in [0.717, 1.165) is 16.3 Å². The highest BCUT2D eigenvalue weighted by atomic mass is 16.5. The van der Waals surface area contributed by atoms with Crippen LogP contribution in [-0.4, -0.2) is 43.5 Å². The van der Waals surface area contributed by atoms with E-state index < -0.39 is 6.04 Å². The molecule has 3 aromatic rings. The lowest BCUT2D eigenvalue weighted by molar-refractivity contribution is -0.142. The lowest BCUT2D eigenvalue weighted by atomic mass is 10.1. The third-order valence-corrected chi connectivity index (χ3v) is 5.00. The van der Waals surface area contributed by atoms with Gasteiger partial charge in [-0.3, -0.25) is 9.59 Å². The average molecular weight is 406 g/mol. The second kappa shape index (κ2) is 9.78. The molecule has 0 saturated carbocycles. The van der Waals surface area contributed by atoms with Gasteiger partial charge < -0.3 is 19.7 Å². The minimum absolute atomic E-state index is 0.167. The Balaban J connectivity index is 1.79. The summed E-state index contributed by atoms with van der Waals surface area (Å²) in [6, 6.07) is 20.3. The van der Waals surface area contributed by atoms with E-state index in [9.17, 15) is 9.59 Å². The first-order valence-electron chi connectivity index (χ1n) is 9.78. The average Bonchev–Trinajstić information content (AvgIpc) is 2.80. The van der Waals surface area contributed by atoms with Crippen molar-refractivity contribution < 1.29 is 19.1 Å². The van der Waals surface area contributed by atoms with E-state index in [2.05, 4.69) is 5.32 Å². The molecule has 6 nitrogen and oxygen atoms in total. The van der Waals surface area contributed by atoms with Crippen molar-refractivity contribution in [3.8, 4) is 11.5 Å². The minimum Gasteiger partial charge on any atom is -0.497 e. The molecule has 1 atom stereocenters. The largest absolute Gasteiger partial charge is 0.497 e. The molecule has 156 valence electrons. The van der Waals surface area contributed by atoms with Crippen molar-refractivity contribution >= 4 is 22.6 Å². The molecule has 0 unspecified atom stereocenters. The molecule has 0 bridgehead atoms. The Morgan fingerprint density at radius 2 is 1.77 bits per heavy atom. The fraction of sp³-hybridized carbons (Fsp3) is 0.250. The highest BCUT2D eigenvalue weighted by Crippen LogP contribution is 2.25. The standard InChI is InChI=1S/C24H26N2O4/c1-17(24(28)25-2)26(15-18-8-6-11-20(14-18)29-3)23(27)16-30-22-13-7-10-19-9-4-5-12-21(19)22/h4-14,17H,15-16H2,1-3H3,(H,25,28)/t17-/m1/s1. The van der Waals surface area contributed by atoms with Gasteiger partial charge in [-0.15, -0.1) is 0 Å². The van der Waals surface area contributed by atoms with Gasteiger partial charge in [0.1, 0.15) is 17.5 Å². The Morgan fingerprint density at radius 1 is 1.03 bits per heavy atom. The second-order valence-electron chi connectivity index (χ2n) is 6.93. The van der Waals surface area contributed by atoms with Crippen molar-refractivity contribution in [1.82, 2.24) is 10.2 Å². The van der Waals surface area contributed by atoms with E-state index in [1.807, 2.05) is 66.7 Å². The first kappa shape index (κ1) is 21.2. The summed E-state index contributed by atoms with van der Waals surface area (Å²) in [5.74, 6) is 0.813. The summed E-state index contributed by atoms with van der Waals surface area (Å²) in [5.41, 5.74) is 0.864. The number of carbonyl (C=O) groups excluding carboxylic acids is 2. The number of nitrogens with one attached hydrogen (secondary N) is 1.